The molecule has 0 aromatic carbocycles. The molecule has 0 aromatic heterocycles. The van der Waals surface area contributed by atoms with Crippen LogP contribution < -0.4 is 5.73 Å². The maximum atomic E-state index is 11.7. The molecule has 0 spiro atoms. The Hall–Kier alpha value is 0.0500. The third-order valence-corrected chi connectivity index (χ3v) is 2.52. The number of carboxylic acid groups (broad SMARTS) is 1. The van der Waals surface area contributed by atoms with Crippen LogP contribution in [0, 0.1) is 0 Å². The SMILES string of the molecule is NC(CI)CC(OCCF)C(=O)O. The van der Waals surface area contributed by atoms with Gasteiger partial charge in [-0.25, -0.2) is 9.18 Å². The monoisotopic (exact) mass is 305 g/mol. The molecule has 4 nitrogen and oxygen atoms in total. The highest BCUT2D eigenvalue weighted by Crippen LogP contribution is 2.04. The third kappa shape index (κ3) is 6.17. The van der Waals surface area contributed by atoms with Crippen molar-refractivity contribution in [2.24, 2.45) is 5.73 Å². The van der Waals surface area contributed by atoms with Gasteiger partial charge in [-0.2, -0.15) is 0 Å². The summed E-state index contributed by atoms with van der Waals surface area (Å²) in [5.41, 5.74) is 5.54. The summed E-state index contributed by atoms with van der Waals surface area (Å²) in [6, 6.07) is -0.221. The maximum absolute atomic E-state index is 11.7. The number of hydrogen-bond acceptors (Lipinski definition) is 3. The number of carbonyl (C=O) groups is 1. The number of carboxylic acids is 1. The van der Waals surface area contributed by atoms with Gasteiger partial charge in [0.2, 0.25) is 0 Å². The van der Waals surface area contributed by atoms with Crippen molar-refractivity contribution in [1.82, 2.24) is 0 Å². The van der Waals surface area contributed by atoms with Crippen molar-refractivity contribution in [2.75, 3.05) is 17.7 Å². The highest BCUT2D eigenvalue weighted by atomic mass is 127. The fraction of sp³-hybridized carbons (Fsp3) is 0.857. The first-order valence-electron chi connectivity index (χ1n) is 3.83. The van der Waals surface area contributed by atoms with Crippen LogP contribution in [0.3, 0.4) is 0 Å². The highest BCUT2D eigenvalue weighted by molar-refractivity contribution is 14.1. The molecule has 0 saturated heterocycles. The largest absolute Gasteiger partial charge is 0.479 e. The average Bonchev–Trinajstić information content (AvgIpc) is 2.11. The minimum absolute atomic E-state index is 0.190. The van der Waals surface area contributed by atoms with Crippen molar-refractivity contribution in [1.29, 1.82) is 0 Å². The Labute approximate surface area is 89.8 Å². The van der Waals surface area contributed by atoms with Crippen LogP contribution in [0.4, 0.5) is 4.39 Å². The van der Waals surface area contributed by atoms with Gasteiger partial charge in [0.1, 0.15) is 6.67 Å². The molecule has 6 heteroatoms. The first-order valence-corrected chi connectivity index (χ1v) is 5.36. The third-order valence-electron chi connectivity index (χ3n) is 1.39. The predicted octanol–water partition coefficient (Wildman–Crippen LogP) is 0.578. The molecule has 3 N–H and O–H groups in total. The van der Waals surface area contributed by atoms with Crippen LogP contribution in [0.1, 0.15) is 6.42 Å². The Balaban J connectivity index is 3.87. The Morgan fingerprint density at radius 1 is 1.69 bits per heavy atom. The molecular formula is C7H13FINO3. The Kier molecular flexibility index (Phi) is 7.48. The van der Waals surface area contributed by atoms with Crippen molar-refractivity contribution >= 4 is 28.6 Å². The van der Waals surface area contributed by atoms with E-state index >= 15 is 0 Å². The summed E-state index contributed by atoms with van der Waals surface area (Å²) >= 11 is 2.06. The van der Waals surface area contributed by atoms with Gasteiger partial charge in [-0.1, -0.05) is 22.6 Å². The minimum Gasteiger partial charge on any atom is -0.479 e. The van der Waals surface area contributed by atoms with Crippen LogP contribution in [-0.2, 0) is 9.53 Å². The molecular weight excluding hydrogens is 292 g/mol. The van der Waals surface area contributed by atoms with Crippen LogP contribution in [0.15, 0.2) is 0 Å². The highest BCUT2D eigenvalue weighted by Gasteiger charge is 2.20. The van der Waals surface area contributed by atoms with Crippen LogP contribution in [0.25, 0.3) is 0 Å². The quantitative estimate of drug-likeness (QED) is 0.533. The standard InChI is InChI=1S/C7H13FINO3/c8-1-2-13-6(7(11)12)3-5(10)4-9/h5-6H,1-4,10H2,(H,11,12). The number of alkyl halides is 2. The van der Waals surface area contributed by atoms with Crippen molar-refractivity contribution < 1.29 is 19.0 Å². The zero-order valence-electron chi connectivity index (χ0n) is 7.08. The summed E-state index contributed by atoms with van der Waals surface area (Å²) in [6.07, 6.45) is -0.765. The normalized spacial score (nSPS) is 15.3. The van der Waals surface area contributed by atoms with Crippen LogP contribution in [0.2, 0.25) is 0 Å². The smallest absolute Gasteiger partial charge is 0.332 e. The molecule has 13 heavy (non-hydrogen) atoms. The van der Waals surface area contributed by atoms with Gasteiger partial charge >= 0.3 is 5.97 Å². The number of ether oxygens (including phenoxy) is 1. The molecule has 0 bridgehead atoms. The van der Waals surface area contributed by atoms with E-state index in [2.05, 4.69) is 22.6 Å². The van der Waals surface area contributed by atoms with E-state index in [0.29, 0.717) is 4.43 Å². The predicted molar refractivity (Wildman–Crippen MR) is 54.8 cm³/mol. The molecule has 0 aliphatic carbocycles. The molecule has 2 unspecified atom stereocenters. The van der Waals surface area contributed by atoms with Crippen LogP contribution >= 0.6 is 22.6 Å². The topological polar surface area (TPSA) is 72.5 Å². The lowest BCUT2D eigenvalue weighted by atomic mass is 10.1. The lowest BCUT2D eigenvalue weighted by Gasteiger charge is -2.15. The zero-order chi connectivity index (χ0) is 10.3. The lowest BCUT2D eigenvalue weighted by Crippen LogP contribution is -2.34. The van der Waals surface area contributed by atoms with Gasteiger partial charge in [0.05, 0.1) is 6.61 Å². The van der Waals surface area contributed by atoms with Gasteiger partial charge < -0.3 is 15.6 Å². The fourth-order valence-electron chi connectivity index (χ4n) is 0.765. The van der Waals surface area contributed by atoms with Crippen LogP contribution in [0.5, 0.6) is 0 Å². The summed E-state index contributed by atoms with van der Waals surface area (Å²) in [5, 5.41) is 8.64. The molecule has 2 atom stereocenters. The second-order valence-corrected chi connectivity index (χ2v) is 3.42. The Morgan fingerprint density at radius 2 is 2.31 bits per heavy atom. The summed E-state index contributed by atoms with van der Waals surface area (Å²) < 4.78 is 17.1. The van der Waals surface area contributed by atoms with Crippen LogP contribution in [-0.4, -0.2) is 40.9 Å². The molecule has 0 aromatic rings. The van der Waals surface area contributed by atoms with Crippen molar-refractivity contribution in [3.63, 3.8) is 0 Å². The second-order valence-electron chi connectivity index (χ2n) is 2.54. The van der Waals surface area contributed by atoms with E-state index in [9.17, 15) is 9.18 Å². The number of aliphatic carboxylic acids is 1. The fourth-order valence-corrected chi connectivity index (χ4v) is 1.12. The summed E-state index contributed by atoms with van der Waals surface area (Å²) in [5.74, 6) is -1.09. The summed E-state index contributed by atoms with van der Waals surface area (Å²) in [4.78, 5) is 10.6. The zero-order valence-corrected chi connectivity index (χ0v) is 9.24. The van der Waals surface area contributed by atoms with Crippen molar-refractivity contribution in [2.45, 2.75) is 18.6 Å². The summed E-state index contributed by atoms with van der Waals surface area (Å²) in [6.45, 7) is -0.867. The first-order chi connectivity index (χ1) is 6.11. The number of halogens is 2. The van der Waals surface area contributed by atoms with E-state index in [4.69, 9.17) is 15.6 Å². The number of rotatable bonds is 7. The molecule has 0 aliphatic rings. The minimum atomic E-state index is -1.09. The molecule has 78 valence electrons. The molecule has 0 saturated carbocycles. The van der Waals surface area contributed by atoms with Crippen molar-refractivity contribution in [3.8, 4) is 0 Å². The molecule has 0 aliphatic heterocycles. The van der Waals surface area contributed by atoms with E-state index in [1.807, 2.05) is 0 Å². The van der Waals surface area contributed by atoms with Gasteiger partial charge in [-0.3, -0.25) is 0 Å². The second kappa shape index (κ2) is 7.45. The van der Waals surface area contributed by atoms with Gasteiger partial charge in [0, 0.05) is 16.9 Å². The van der Waals surface area contributed by atoms with E-state index in [1.54, 1.807) is 0 Å². The number of hydrogen-bond donors (Lipinski definition) is 2. The molecule has 0 radical (unpaired) electrons. The molecule has 0 heterocycles. The van der Waals surface area contributed by atoms with Gasteiger partial charge in [0.15, 0.2) is 6.10 Å². The van der Waals surface area contributed by atoms with Crippen molar-refractivity contribution in [3.05, 3.63) is 0 Å². The van der Waals surface area contributed by atoms with E-state index in [-0.39, 0.29) is 19.1 Å². The molecule has 0 fully saturated rings. The first kappa shape index (κ1) is 13.1. The summed E-state index contributed by atoms with van der Waals surface area (Å²) in [7, 11) is 0. The maximum Gasteiger partial charge on any atom is 0.332 e. The van der Waals surface area contributed by atoms with E-state index < -0.39 is 18.7 Å². The average molecular weight is 305 g/mol. The number of nitrogens with two attached hydrogens (primary N) is 1. The van der Waals surface area contributed by atoms with Gasteiger partial charge in [0.25, 0.3) is 0 Å². The Morgan fingerprint density at radius 3 is 2.69 bits per heavy atom. The Bertz CT molecular complexity index is 159. The van der Waals surface area contributed by atoms with E-state index in [0.717, 1.165) is 0 Å². The molecule has 0 amide bonds. The van der Waals surface area contributed by atoms with Gasteiger partial charge in [-0.15, -0.1) is 0 Å². The lowest BCUT2D eigenvalue weighted by molar-refractivity contribution is -0.151. The molecule has 0 rings (SSSR count). The van der Waals surface area contributed by atoms with E-state index in [1.165, 1.54) is 0 Å². The van der Waals surface area contributed by atoms with Gasteiger partial charge in [-0.05, 0) is 0 Å².